The first-order valence-corrected chi connectivity index (χ1v) is 6.25. The molecule has 0 aromatic carbocycles. The maximum absolute atomic E-state index is 13.8. The maximum Gasteiger partial charge on any atom is 0.293 e. The van der Waals surface area contributed by atoms with Crippen LogP contribution in [0.2, 0.25) is 0 Å². The van der Waals surface area contributed by atoms with Gasteiger partial charge in [-0.3, -0.25) is 4.68 Å². The molecule has 1 aromatic rings. The van der Waals surface area contributed by atoms with E-state index in [4.69, 9.17) is 0 Å². The number of halogens is 4. The van der Waals surface area contributed by atoms with Gasteiger partial charge in [-0.2, -0.15) is 13.9 Å². The van der Waals surface area contributed by atoms with Gasteiger partial charge in [0, 0.05) is 18.0 Å². The van der Waals surface area contributed by atoms with Crippen LogP contribution in [0.3, 0.4) is 0 Å². The van der Waals surface area contributed by atoms with Crippen LogP contribution < -0.4 is 0 Å². The van der Waals surface area contributed by atoms with Crippen LogP contribution >= 0.6 is 0 Å². The van der Waals surface area contributed by atoms with E-state index >= 15 is 0 Å². The van der Waals surface area contributed by atoms with Crippen LogP contribution in [0.5, 0.6) is 0 Å². The fraction of sp³-hybridized carbons (Fsp3) is 0.750. The molecule has 1 aromatic heterocycles. The van der Waals surface area contributed by atoms with Crippen molar-refractivity contribution in [3.8, 4) is 0 Å². The Morgan fingerprint density at radius 2 is 2.00 bits per heavy atom. The molecule has 0 saturated heterocycles. The van der Waals surface area contributed by atoms with E-state index < -0.39 is 29.9 Å². The highest BCUT2D eigenvalue weighted by Crippen LogP contribution is 2.68. The lowest BCUT2D eigenvalue weighted by Gasteiger charge is -2.14. The molecule has 1 unspecified atom stereocenters. The molecule has 0 radical (unpaired) electrons. The second kappa shape index (κ2) is 4.24. The second-order valence-corrected chi connectivity index (χ2v) is 4.34. The first-order valence-electron chi connectivity index (χ1n) is 6.25. The molecule has 0 aliphatic heterocycles. The predicted molar refractivity (Wildman–Crippen MR) is 58.9 cm³/mol. The standard InChI is InChI=1S/C10H10F4N2.C2H6/c1-2-16-8-6(7(15-16)9(11)12)4-3-5(4)10(8,13)14;1-2/h4-5,9H,2-3H2,1H3;1-2H3/t4?,5-;/m1./s1. The van der Waals surface area contributed by atoms with Crippen LogP contribution in [-0.4, -0.2) is 9.78 Å². The Labute approximate surface area is 103 Å². The summed E-state index contributed by atoms with van der Waals surface area (Å²) in [6.07, 6.45) is -2.45. The van der Waals surface area contributed by atoms with Crippen molar-refractivity contribution in [2.75, 3.05) is 0 Å². The van der Waals surface area contributed by atoms with Gasteiger partial charge in [0.05, 0.1) is 0 Å². The Kier molecular flexibility index (Phi) is 3.15. The smallest absolute Gasteiger partial charge is 0.263 e. The number of aryl methyl sites for hydroxylation is 1. The van der Waals surface area contributed by atoms with Gasteiger partial charge in [-0.1, -0.05) is 13.8 Å². The fourth-order valence-electron chi connectivity index (χ4n) is 2.69. The van der Waals surface area contributed by atoms with Crippen molar-refractivity contribution < 1.29 is 17.6 Å². The molecule has 2 aliphatic carbocycles. The Morgan fingerprint density at radius 1 is 1.39 bits per heavy atom. The molecule has 0 amide bonds. The van der Waals surface area contributed by atoms with Crippen molar-refractivity contribution >= 4 is 0 Å². The molecule has 6 heteroatoms. The van der Waals surface area contributed by atoms with Crippen LogP contribution in [0.15, 0.2) is 0 Å². The lowest BCUT2D eigenvalue weighted by molar-refractivity contribution is -0.0309. The zero-order chi connectivity index (χ0) is 13.7. The minimum absolute atomic E-state index is 0.117. The maximum atomic E-state index is 13.8. The summed E-state index contributed by atoms with van der Waals surface area (Å²) in [5, 5.41) is 3.61. The molecule has 1 heterocycles. The molecular formula is C12H16F4N2. The summed E-state index contributed by atoms with van der Waals surface area (Å²) in [6.45, 7) is 5.83. The van der Waals surface area contributed by atoms with Crippen LogP contribution in [0.25, 0.3) is 0 Å². The summed E-state index contributed by atoms with van der Waals surface area (Å²) in [5.74, 6) is -4.14. The molecule has 2 aliphatic rings. The van der Waals surface area contributed by atoms with Crippen molar-refractivity contribution in [2.24, 2.45) is 5.92 Å². The van der Waals surface area contributed by atoms with E-state index in [0.29, 0.717) is 6.42 Å². The highest BCUT2D eigenvalue weighted by atomic mass is 19.3. The number of alkyl halides is 4. The largest absolute Gasteiger partial charge is 0.293 e. The number of nitrogens with zero attached hydrogens (tertiary/aromatic N) is 2. The van der Waals surface area contributed by atoms with Gasteiger partial charge in [-0.05, 0) is 19.3 Å². The summed E-state index contributed by atoms with van der Waals surface area (Å²) >= 11 is 0. The third-order valence-corrected chi connectivity index (χ3v) is 3.47. The molecule has 2 nitrogen and oxygen atoms in total. The normalized spacial score (nSPS) is 26.4. The molecule has 0 bridgehead atoms. The first-order chi connectivity index (χ1) is 8.48. The Bertz CT molecular complexity index is 453. The van der Waals surface area contributed by atoms with Gasteiger partial charge in [0.15, 0.2) is 0 Å². The van der Waals surface area contributed by atoms with Crippen molar-refractivity contribution in [3.05, 3.63) is 17.0 Å². The summed E-state index contributed by atoms with van der Waals surface area (Å²) in [4.78, 5) is 0. The van der Waals surface area contributed by atoms with E-state index in [2.05, 4.69) is 5.10 Å². The van der Waals surface area contributed by atoms with Gasteiger partial charge < -0.3 is 0 Å². The highest BCUT2D eigenvalue weighted by Gasteiger charge is 2.67. The lowest BCUT2D eigenvalue weighted by atomic mass is 10.1. The SMILES string of the molecule is CC.CCn1nc(C(F)F)c2c1C(F)(F)[C@@H]1CC21. The summed E-state index contributed by atoms with van der Waals surface area (Å²) < 4.78 is 54.0. The fourth-order valence-corrected chi connectivity index (χ4v) is 2.69. The average Bonchev–Trinajstić information content (AvgIpc) is 2.98. The van der Waals surface area contributed by atoms with Gasteiger partial charge in [0.1, 0.15) is 11.4 Å². The van der Waals surface area contributed by atoms with E-state index in [9.17, 15) is 17.6 Å². The molecule has 0 spiro atoms. The number of aromatic nitrogens is 2. The molecule has 3 rings (SSSR count). The zero-order valence-electron chi connectivity index (χ0n) is 10.6. The van der Waals surface area contributed by atoms with E-state index in [-0.39, 0.29) is 17.8 Å². The number of hydrogen-bond acceptors (Lipinski definition) is 1. The first kappa shape index (κ1) is 13.4. The highest BCUT2D eigenvalue weighted by molar-refractivity contribution is 5.46. The van der Waals surface area contributed by atoms with Crippen LogP contribution in [0.1, 0.15) is 56.5 Å². The van der Waals surface area contributed by atoms with Crippen molar-refractivity contribution in [1.29, 1.82) is 0 Å². The monoisotopic (exact) mass is 264 g/mol. The van der Waals surface area contributed by atoms with Crippen LogP contribution in [-0.2, 0) is 12.5 Å². The quantitative estimate of drug-likeness (QED) is 0.736. The predicted octanol–water partition coefficient (Wildman–Crippen LogP) is 4.08. The zero-order valence-corrected chi connectivity index (χ0v) is 10.6. The van der Waals surface area contributed by atoms with Crippen molar-refractivity contribution in [2.45, 2.75) is 52.0 Å². The number of rotatable bonds is 2. The minimum Gasteiger partial charge on any atom is -0.263 e. The van der Waals surface area contributed by atoms with E-state index in [1.165, 1.54) is 0 Å². The van der Waals surface area contributed by atoms with E-state index in [0.717, 1.165) is 4.68 Å². The third-order valence-electron chi connectivity index (χ3n) is 3.47. The number of hydrogen-bond donors (Lipinski definition) is 0. The molecule has 1 saturated carbocycles. The van der Waals surface area contributed by atoms with Gasteiger partial charge >= 0.3 is 0 Å². The topological polar surface area (TPSA) is 17.8 Å². The average molecular weight is 264 g/mol. The summed E-state index contributed by atoms with van der Waals surface area (Å²) in [7, 11) is 0. The Balaban J connectivity index is 0.000000574. The van der Waals surface area contributed by atoms with E-state index in [1.807, 2.05) is 13.8 Å². The van der Waals surface area contributed by atoms with Gasteiger partial charge in [-0.25, -0.2) is 8.78 Å². The van der Waals surface area contributed by atoms with Gasteiger partial charge in [0.25, 0.3) is 12.3 Å². The van der Waals surface area contributed by atoms with Gasteiger partial charge in [0.2, 0.25) is 0 Å². The Hall–Kier alpha value is -1.07. The molecule has 1 fully saturated rings. The van der Waals surface area contributed by atoms with Crippen LogP contribution in [0, 0.1) is 5.92 Å². The summed E-state index contributed by atoms with van der Waals surface area (Å²) in [5.41, 5.74) is -0.597. The van der Waals surface area contributed by atoms with Gasteiger partial charge in [-0.15, -0.1) is 0 Å². The molecular weight excluding hydrogens is 248 g/mol. The van der Waals surface area contributed by atoms with E-state index in [1.54, 1.807) is 6.92 Å². The molecule has 0 N–H and O–H groups in total. The lowest BCUT2D eigenvalue weighted by Crippen LogP contribution is -2.19. The van der Waals surface area contributed by atoms with Crippen molar-refractivity contribution in [1.82, 2.24) is 9.78 Å². The second-order valence-electron chi connectivity index (χ2n) is 4.34. The molecule has 18 heavy (non-hydrogen) atoms. The van der Waals surface area contributed by atoms with Crippen molar-refractivity contribution in [3.63, 3.8) is 0 Å². The summed E-state index contributed by atoms with van der Waals surface area (Å²) in [6, 6.07) is 0. The minimum atomic E-state index is -2.98. The number of fused-ring (bicyclic) bond motifs is 3. The third kappa shape index (κ3) is 1.57. The molecule has 2 atom stereocenters. The molecule has 102 valence electrons. The Morgan fingerprint density at radius 3 is 2.50 bits per heavy atom. The van der Waals surface area contributed by atoms with Crippen LogP contribution in [0.4, 0.5) is 17.6 Å².